The largest absolute Gasteiger partial charge is 0.494 e. The Kier molecular flexibility index (Phi) is 8.85. The molecule has 4 rings (SSSR count). The van der Waals surface area contributed by atoms with E-state index in [-0.39, 0.29) is 24.5 Å². The number of fused-ring (bicyclic) bond motifs is 1. The first-order valence-electron chi connectivity index (χ1n) is 12.3. The van der Waals surface area contributed by atoms with E-state index in [1.54, 1.807) is 16.7 Å². The summed E-state index contributed by atoms with van der Waals surface area (Å²) in [5.41, 5.74) is 2.14. The summed E-state index contributed by atoms with van der Waals surface area (Å²) >= 11 is 0. The van der Waals surface area contributed by atoms with Crippen molar-refractivity contribution in [1.82, 2.24) is 25.2 Å². The maximum Gasteiger partial charge on any atom is 0.247 e. The number of carbonyl (C=O) groups is 2. The maximum absolute atomic E-state index is 13.8. The first-order chi connectivity index (χ1) is 17.6. The molecule has 10 nitrogen and oxygen atoms in total. The summed E-state index contributed by atoms with van der Waals surface area (Å²) in [6.07, 6.45) is 1.62. The van der Waals surface area contributed by atoms with Crippen LogP contribution in [-0.2, 0) is 25.6 Å². The van der Waals surface area contributed by atoms with Crippen LogP contribution in [0.2, 0.25) is 0 Å². The fraction of sp³-hybridized carbons (Fsp3) is 0.462. The van der Waals surface area contributed by atoms with Crippen LogP contribution in [0.5, 0.6) is 5.75 Å². The van der Waals surface area contributed by atoms with Crippen LogP contribution in [0, 0.1) is 0 Å². The normalized spacial score (nSPS) is 16.1. The summed E-state index contributed by atoms with van der Waals surface area (Å²) in [4.78, 5) is 28.9. The first kappa shape index (κ1) is 25.6. The Hall–Kier alpha value is -3.50. The average molecular weight is 496 g/mol. The molecule has 10 heteroatoms. The standard InChI is InChI=1S/C26H33N5O5/c1-3-35-20-12-10-19(11-13-20)25(26(33)27-14-16-34-2)30(17-21-7-6-15-36-21)24(32)18-31-23-9-5-4-8-22(23)28-29-31/h4-5,8-13,21,25H,3,6-7,14-18H2,1-2H3,(H,27,33)/t21-,25-/m0/s1. The molecule has 36 heavy (non-hydrogen) atoms. The lowest BCUT2D eigenvalue weighted by atomic mass is 10.0. The van der Waals surface area contributed by atoms with Gasteiger partial charge in [0.25, 0.3) is 0 Å². The third-order valence-corrected chi connectivity index (χ3v) is 6.12. The van der Waals surface area contributed by atoms with Crippen molar-refractivity contribution in [3.63, 3.8) is 0 Å². The van der Waals surface area contributed by atoms with E-state index in [1.165, 1.54) is 0 Å². The summed E-state index contributed by atoms with van der Waals surface area (Å²) in [6, 6.07) is 13.9. The van der Waals surface area contributed by atoms with Crippen LogP contribution in [0.25, 0.3) is 11.0 Å². The van der Waals surface area contributed by atoms with Gasteiger partial charge in [-0.15, -0.1) is 5.10 Å². The molecule has 1 aliphatic heterocycles. The molecule has 192 valence electrons. The molecule has 3 aromatic rings. The van der Waals surface area contributed by atoms with Gasteiger partial charge < -0.3 is 24.4 Å². The van der Waals surface area contributed by atoms with Gasteiger partial charge in [-0.25, -0.2) is 4.68 Å². The average Bonchev–Trinajstić information content (AvgIpc) is 3.55. The van der Waals surface area contributed by atoms with Crippen molar-refractivity contribution >= 4 is 22.8 Å². The number of rotatable bonds is 12. The maximum atomic E-state index is 13.8. The minimum absolute atomic E-state index is 0.0495. The Bertz CT molecular complexity index is 1140. The number of amides is 2. The predicted octanol–water partition coefficient (Wildman–Crippen LogP) is 2.34. The number of aromatic nitrogens is 3. The zero-order valence-electron chi connectivity index (χ0n) is 20.8. The van der Waals surface area contributed by atoms with Crippen molar-refractivity contribution in [2.24, 2.45) is 0 Å². The molecule has 2 atom stereocenters. The molecular formula is C26H33N5O5. The monoisotopic (exact) mass is 495 g/mol. The van der Waals surface area contributed by atoms with Gasteiger partial charge in [-0.05, 0) is 49.6 Å². The van der Waals surface area contributed by atoms with Crippen LogP contribution in [0.1, 0.15) is 31.4 Å². The molecule has 1 N–H and O–H groups in total. The van der Waals surface area contributed by atoms with Gasteiger partial charge in [-0.1, -0.05) is 29.5 Å². The molecule has 1 aromatic heterocycles. The van der Waals surface area contributed by atoms with Crippen molar-refractivity contribution in [3.05, 3.63) is 54.1 Å². The highest BCUT2D eigenvalue weighted by Crippen LogP contribution is 2.27. The lowest BCUT2D eigenvalue weighted by Crippen LogP contribution is -2.48. The smallest absolute Gasteiger partial charge is 0.247 e. The zero-order chi connectivity index (χ0) is 25.3. The molecule has 2 heterocycles. The van der Waals surface area contributed by atoms with E-state index >= 15 is 0 Å². The van der Waals surface area contributed by atoms with Crippen LogP contribution in [0.15, 0.2) is 48.5 Å². The van der Waals surface area contributed by atoms with E-state index in [9.17, 15) is 9.59 Å². The molecule has 2 aromatic carbocycles. The first-order valence-corrected chi connectivity index (χ1v) is 12.3. The summed E-state index contributed by atoms with van der Waals surface area (Å²) in [6.45, 7) is 4.04. The number of nitrogens with one attached hydrogen (secondary N) is 1. The number of hydrogen-bond acceptors (Lipinski definition) is 7. The number of carbonyl (C=O) groups excluding carboxylic acids is 2. The third-order valence-electron chi connectivity index (χ3n) is 6.12. The molecule has 1 aliphatic rings. The van der Waals surface area contributed by atoms with Crippen LogP contribution >= 0.6 is 0 Å². The summed E-state index contributed by atoms with van der Waals surface area (Å²) < 4.78 is 18.1. The van der Waals surface area contributed by atoms with Crippen LogP contribution in [0.3, 0.4) is 0 Å². The lowest BCUT2D eigenvalue weighted by Gasteiger charge is -2.33. The lowest BCUT2D eigenvalue weighted by molar-refractivity contribution is -0.143. The van der Waals surface area contributed by atoms with Gasteiger partial charge in [-0.2, -0.15) is 0 Å². The van der Waals surface area contributed by atoms with Crippen molar-refractivity contribution in [1.29, 1.82) is 0 Å². The highest BCUT2D eigenvalue weighted by Gasteiger charge is 2.34. The van der Waals surface area contributed by atoms with Gasteiger partial charge in [0.15, 0.2) is 0 Å². The Morgan fingerprint density at radius 2 is 2.03 bits per heavy atom. The number of ether oxygens (including phenoxy) is 3. The quantitative estimate of drug-likeness (QED) is 0.384. The highest BCUT2D eigenvalue weighted by atomic mass is 16.5. The van der Waals surface area contributed by atoms with E-state index in [0.717, 1.165) is 18.4 Å². The van der Waals surface area contributed by atoms with Gasteiger partial charge in [0.1, 0.15) is 23.9 Å². The molecule has 0 aliphatic carbocycles. The van der Waals surface area contributed by atoms with Crippen molar-refractivity contribution in [2.75, 3.05) is 40.0 Å². The minimum atomic E-state index is -0.857. The van der Waals surface area contributed by atoms with E-state index in [4.69, 9.17) is 14.2 Å². The summed E-state index contributed by atoms with van der Waals surface area (Å²) in [5.74, 6) is 0.166. The number of methoxy groups -OCH3 is 1. The molecule has 1 fully saturated rings. The number of benzene rings is 2. The van der Waals surface area contributed by atoms with E-state index in [1.807, 2.05) is 55.5 Å². The second kappa shape index (κ2) is 12.5. The topological polar surface area (TPSA) is 108 Å². The Morgan fingerprint density at radius 1 is 1.22 bits per heavy atom. The van der Waals surface area contributed by atoms with Crippen molar-refractivity contribution < 1.29 is 23.8 Å². The van der Waals surface area contributed by atoms with Crippen LogP contribution < -0.4 is 10.1 Å². The summed E-state index contributed by atoms with van der Waals surface area (Å²) in [7, 11) is 1.58. The molecule has 1 saturated heterocycles. The molecule has 0 spiro atoms. The minimum Gasteiger partial charge on any atom is -0.494 e. The van der Waals surface area contributed by atoms with Gasteiger partial charge in [-0.3, -0.25) is 9.59 Å². The Labute approximate surface area is 210 Å². The van der Waals surface area contributed by atoms with E-state index in [0.29, 0.717) is 49.7 Å². The van der Waals surface area contributed by atoms with Crippen molar-refractivity contribution in [2.45, 2.75) is 38.5 Å². The highest BCUT2D eigenvalue weighted by molar-refractivity contribution is 5.89. The Balaban J connectivity index is 1.66. The van der Waals surface area contributed by atoms with Gasteiger partial charge in [0.2, 0.25) is 11.8 Å². The second-order valence-electron chi connectivity index (χ2n) is 8.61. The number of nitrogens with zero attached hydrogens (tertiary/aromatic N) is 4. The zero-order valence-corrected chi connectivity index (χ0v) is 20.8. The molecule has 0 bridgehead atoms. The Morgan fingerprint density at radius 3 is 2.75 bits per heavy atom. The van der Waals surface area contributed by atoms with E-state index < -0.39 is 6.04 Å². The molecular weight excluding hydrogens is 462 g/mol. The number of hydrogen-bond donors (Lipinski definition) is 1. The molecule has 2 amide bonds. The molecule has 0 radical (unpaired) electrons. The predicted molar refractivity (Wildman–Crippen MR) is 133 cm³/mol. The molecule has 0 unspecified atom stereocenters. The summed E-state index contributed by atoms with van der Waals surface area (Å²) in [5, 5.41) is 11.2. The van der Waals surface area contributed by atoms with Crippen LogP contribution in [-0.4, -0.2) is 77.8 Å². The van der Waals surface area contributed by atoms with Gasteiger partial charge in [0.05, 0.1) is 24.8 Å². The second-order valence-corrected chi connectivity index (χ2v) is 8.61. The van der Waals surface area contributed by atoms with Gasteiger partial charge in [0, 0.05) is 26.8 Å². The van der Waals surface area contributed by atoms with Crippen LogP contribution in [0.4, 0.5) is 0 Å². The number of para-hydroxylation sites is 1. The van der Waals surface area contributed by atoms with Gasteiger partial charge >= 0.3 is 0 Å². The van der Waals surface area contributed by atoms with Crippen molar-refractivity contribution in [3.8, 4) is 5.75 Å². The SMILES string of the molecule is CCOc1ccc([C@@H](C(=O)NCCOC)N(C[C@@H]2CCCO2)C(=O)Cn2nnc3ccccc32)cc1. The molecule has 0 saturated carbocycles. The van der Waals surface area contributed by atoms with E-state index in [2.05, 4.69) is 15.6 Å². The fourth-order valence-corrected chi connectivity index (χ4v) is 4.37. The third kappa shape index (κ3) is 6.19. The fourth-order valence-electron chi connectivity index (χ4n) is 4.37.